The highest BCUT2D eigenvalue weighted by atomic mass is 32.1. The van der Waals surface area contributed by atoms with Gasteiger partial charge in [0.05, 0.1) is 50.1 Å². The molecule has 0 bridgehead atoms. The van der Waals surface area contributed by atoms with E-state index in [-0.39, 0.29) is 90.1 Å². The maximum absolute atomic E-state index is 13.1. The topological polar surface area (TPSA) is 557 Å². The molecule has 2 fully saturated rings. The van der Waals surface area contributed by atoms with Crippen LogP contribution >= 0.6 is 24.4 Å². The zero-order valence-electron chi connectivity index (χ0n) is 75.2. The Morgan fingerprint density at radius 1 is 0.421 bits per heavy atom. The van der Waals surface area contributed by atoms with Crippen molar-refractivity contribution in [3.63, 3.8) is 0 Å². The van der Waals surface area contributed by atoms with E-state index in [4.69, 9.17) is 51.8 Å². The van der Waals surface area contributed by atoms with Crippen molar-refractivity contribution in [3.8, 4) is 0 Å². The van der Waals surface area contributed by atoms with Crippen LogP contribution in [0.3, 0.4) is 0 Å². The highest BCUT2D eigenvalue weighted by molar-refractivity contribution is 7.80. The van der Waals surface area contributed by atoms with Crippen LogP contribution in [0.5, 0.6) is 0 Å². The Balaban J connectivity index is 0.000000698. The lowest BCUT2D eigenvalue weighted by atomic mass is 10.0. The molecular formula is C84H134N14O26S2. The van der Waals surface area contributed by atoms with Crippen molar-refractivity contribution < 1.29 is 127 Å². The summed E-state index contributed by atoms with van der Waals surface area (Å²) in [6, 6.07) is 7.99. The Hall–Kier alpha value is -10.2. The van der Waals surface area contributed by atoms with Crippen molar-refractivity contribution >= 4 is 130 Å². The SMILES string of the molecule is CC(C)(C)OC(=O)CC[C@H](NC(=O)N[C@@H](CCCCN)C(=O)OC(C)(C)C)C(=O)OC(C)(C)C.CC(C)(C)OC(=O)[C@H](CCCCNC(=S)Nc1ccc(CC2CN(CC(=O)O)CCN(CC(=O)O)CCN2CC(=O)O)cc1)NC(=O)N[C@@H](CCC(=O)O)C(=O)OC(C)(C)C.O=C(O)CN1CCN(CC(=O)O)CC(Cc2ccc(N=C=S)cc2)N(CC(=O)O)CC1. The first-order valence-corrected chi connectivity index (χ1v) is 42.5. The number of esters is 5. The summed E-state index contributed by atoms with van der Waals surface area (Å²) in [5.74, 6) is -10.5. The molecule has 0 aromatic heterocycles. The van der Waals surface area contributed by atoms with Gasteiger partial charge in [0.2, 0.25) is 0 Å². The molecule has 2 heterocycles. The fourth-order valence-corrected chi connectivity index (χ4v) is 13.0. The average molecular weight is 1820 g/mol. The second kappa shape index (κ2) is 55.4. The van der Waals surface area contributed by atoms with Crippen LogP contribution in [0.15, 0.2) is 53.5 Å². The molecular weight excluding hydrogens is 1690 g/mol. The number of benzene rings is 2. The maximum Gasteiger partial charge on any atom is 0.329 e. The minimum Gasteiger partial charge on any atom is -0.481 e. The zero-order chi connectivity index (χ0) is 95.5. The van der Waals surface area contributed by atoms with Gasteiger partial charge >= 0.3 is 83.7 Å². The van der Waals surface area contributed by atoms with Gasteiger partial charge in [-0.2, -0.15) is 4.99 Å². The van der Waals surface area contributed by atoms with Crippen LogP contribution in [0.2, 0.25) is 0 Å². The number of nitrogens with one attached hydrogen (secondary N) is 6. The normalized spacial score (nSPS) is 16.5. The number of ether oxygens (including phenoxy) is 5. The molecule has 2 unspecified atom stereocenters. The van der Waals surface area contributed by atoms with Crippen LogP contribution in [0.25, 0.3) is 0 Å². The molecule has 2 aliphatic heterocycles. The number of rotatable bonds is 41. The van der Waals surface area contributed by atoms with E-state index in [1.807, 2.05) is 24.3 Å². The first-order valence-electron chi connectivity index (χ1n) is 41.7. The lowest BCUT2D eigenvalue weighted by Gasteiger charge is -2.33. The van der Waals surface area contributed by atoms with Crippen molar-refractivity contribution in [2.75, 3.05) is 123 Å². The van der Waals surface area contributed by atoms with Gasteiger partial charge in [0.25, 0.3) is 0 Å². The summed E-state index contributed by atoms with van der Waals surface area (Å²) in [7, 11) is 0. The summed E-state index contributed by atoms with van der Waals surface area (Å²) in [6.07, 6.45) is 2.92. The standard InChI is InChI=1S/C40H63N7O13S.C24H45N3O7.C20H26N4O6S/c1-39(2,3)59-35(56)29(43-37(58)44-30(14-15-31(48)49)36(57)60-40(4,5)6)9-7-8-16-41-38(61)42-27-12-10-26(11-13-27)21-28-22-46(24-33(52)53)18-17-45(23-32(50)51)19-20-47(28)25-34(54)55;1-22(2,3)32-18(28)14-13-17(20(30)34-24(7,8)9)27-21(31)26-16(12-10-11-15-25)19(29)33-23(4,5)6;25-18(26)11-22-5-6-23(12-19(27)28)10-17(24(8-7-22)13-20(29)30)9-15-1-3-16(4-2-15)21-14-31/h10-13,28-30H,7-9,14-25H2,1-6H3,(H,48,49)(H,50,51)(H,52,53)(H,54,55)(H2,41,42,61)(H2,43,44,58);16-17H,10-15,25H2,1-9H3,(H2,26,27,31);1-4,17H,5-13H2,(H,25,26)(H,27,28)(H,29,30)/t28?,29-,30-;16-,17-;/m00./s1. The van der Waals surface area contributed by atoms with Gasteiger partial charge in [-0.3, -0.25) is 67.8 Å². The van der Waals surface area contributed by atoms with Crippen molar-refractivity contribution in [3.05, 3.63) is 59.7 Å². The number of carbonyl (C=O) groups excluding carboxylic acids is 7. The quantitative estimate of drug-likeness (QED) is 0.0132. The predicted octanol–water partition coefficient (Wildman–Crippen LogP) is 5.27. The highest BCUT2D eigenvalue weighted by Gasteiger charge is 2.36. The lowest BCUT2D eigenvalue weighted by Crippen LogP contribution is -2.53. The van der Waals surface area contributed by atoms with E-state index in [2.05, 4.69) is 54.3 Å². The smallest absolute Gasteiger partial charge is 0.329 e. The number of aliphatic imine (C=N–C) groups is 1. The van der Waals surface area contributed by atoms with E-state index in [0.717, 1.165) is 11.1 Å². The van der Waals surface area contributed by atoms with Crippen LogP contribution in [-0.2, 0) is 94.1 Å². The number of nitrogens with zero attached hydrogens (tertiary/aromatic N) is 7. The number of anilines is 1. The van der Waals surface area contributed by atoms with Gasteiger partial charge in [-0.05, 0) is 234 Å². The van der Waals surface area contributed by atoms with Gasteiger partial charge in [-0.25, -0.2) is 28.8 Å². The Morgan fingerprint density at radius 3 is 1.07 bits per heavy atom. The van der Waals surface area contributed by atoms with Gasteiger partial charge in [0.15, 0.2) is 5.11 Å². The van der Waals surface area contributed by atoms with E-state index in [0.29, 0.717) is 127 Å². The van der Waals surface area contributed by atoms with Crippen molar-refractivity contribution in [2.45, 2.75) is 245 Å². The lowest BCUT2D eigenvalue weighted by molar-refractivity contribution is -0.160. The second-order valence-corrected chi connectivity index (χ2v) is 36.0. The van der Waals surface area contributed by atoms with E-state index >= 15 is 0 Å². The molecule has 126 heavy (non-hydrogen) atoms. The molecule has 6 atom stereocenters. The third-order valence-corrected chi connectivity index (χ3v) is 18.4. The summed E-state index contributed by atoms with van der Waals surface area (Å²) < 4.78 is 26.9. The van der Waals surface area contributed by atoms with Gasteiger partial charge in [-0.1, -0.05) is 24.3 Å². The highest BCUT2D eigenvalue weighted by Crippen LogP contribution is 2.23. The maximum atomic E-state index is 13.1. The number of carbonyl (C=O) groups is 14. The van der Waals surface area contributed by atoms with Gasteiger partial charge < -0.3 is 97.1 Å². The molecule has 708 valence electrons. The number of thiocarbonyl (C=S) groups is 2. The second-order valence-electron chi connectivity index (χ2n) is 35.4. The fourth-order valence-electron chi connectivity index (χ4n) is 12.7. The number of unbranched alkanes of at least 4 members (excludes halogenated alkanes) is 2. The molecule has 2 aliphatic rings. The molecule has 4 amide bonds. The van der Waals surface area contributed by atoms with Gasteiger partial charge in [-0.15, -0.1) is 0 Å². The zero-order valence-corrected chi connectivity index (χ0v) is 76.8. The minimum absolute atomic E-state index is 0.0263. The molecule has 0 radical (unpaired) electrons. The minimum atomic E-state index is -1.27. The molecule has 2 aromatic carbocycles. The van der Waals surface area contributed by atoms with Crippen LogP contribution in [-0.4, -0.2) is 341 Å². The average Bonchev–Trinajstić information content (AvgIpc) is 1.59. The Bertz CT molecular complexity index is 3940. The van der Waals surface area contributed by atoms with Crippen molar-refractivity contribution in [1.82, 2.24) is 56.0 Å². The summed E-state index contributed by atoms with van der Waals surface area (Å²) in [4.78, 5) is 183. The molecule has 0 spiro atoms. The monoisotopic (exact) mass is 1820 g/mol. The number of aliphatic carboxylic acids is 7. The summed E-state index contributed by atoms with van der Waals surface area (Å²) in [6.45, 7) is 28.2. The number of isothiocyanates is 1. The Labute approximate surface area is 747 Å². The molecule has 15 N–H and O–H groups in total. The van der Waals surface area contributed by atoms with Gasteiger partial charge in [0, 0.05) is 103 Å². The first-order chi connectivity index (χ1) is 58.5. The number of carboxylic acid groups (broad SMARTS) is 7. The Kier molecular flexibility index (Phi) is 49.2. The number of carboxylic acids is 7. The van der Waals surface area contributed by atoms with Crippen LogP contribution in [0, 0.1) is 0 Å². The Morgan fingerprint density at radius 2 is 0.738 bits per heavy atom. The molecule has 42 heteroatoms. The number of amides is 4. The number of nitrogens with two attached hydrogens (primary N) is 1. The van der Waals surface area contributed by atoms with E-state index < -0.39 is 142 Å². The largest absolute Gasteiger partial charge is 0.481 e. The molecule has 2 saturated heterocycles. The summed E-state index contributed by atoms with van der Waals surface area (Å²) in [5.41, 5.74) is 4.74. The summed E-state index contributed by atoms with van der Waals surface area (Å²) in [5, 5.41) is 84.5. The summed E-state index contributed by atoms with van der Waals surface area (Å²) >= 11 is 10.1. The number of urea groups is 2. The molecule has 40 nitrogen and oxygen atoms in total. The van der Waals surface area contributed by atoms with E-state index in [1.54, 1.807) is 158 Å². The first kappa shape index (κ1) is 112. The number of hydrogen-bond donors (Lipinski definition) is 14. The van der Waals surface area contributed by atoms with Crippen molar-refractivity contribution in [1.29, 1.82) is 0 Å². The molecule has 0 saturated carbocycles. The van der Waals surface area contributed by atoms with Crippen LogP contribution < -0.4 is 37.6 Å². The molecule has 0 aliphatic carbocycles. The van der Waals surface area contributed by atoms with E-state index in [1.165, 1.54) is 0 Å². The predicted molar refractivity (Wildman–Crippen MR) is 472 cm³/mol. The third-order valence-electron chi connectivity index (χ3n) is 18.1. The van der Waals surface area contributed by atoms with E-state index in [9.17, 15) is 92.7 Å². The van der Waals surface area contributed by atoms with Gasteiger partial charge in [0.1, 0.15) is 52.2 Å². The van der Waals surface area contributed by atoms with Crippen molar-refractivity contribution in [2.24, 2.45) is 10.7 Å². The molecule has 4 rings (SSSR count). The molecule has 2 aromatic rings. The number of hydrogen-bond acceptors (Lipinski definition) is 29. The van der Waals surface area contributed by atoms with Crippen LogP contribution in [0.4, 0.5) is 21.0 Å². The third kappa shape index (κ3) is 53.3. The van der Waals surface area contributed by atoms with Crippen LogP contribution in [0.1, 0.15) is 179 Å². The fraction of sp³-hybridized carbons (Fsp3) is 0.667.